The molecule has 8 heteroatoms. The highest BCUT2D eigenvalue weighted by Crippen LogP contribution is 2.30. The van der Waals surface area contributed by atoms with Gasteiger partial charge in [-0.2, -0.15) is 0 Å². The maximum atomic E-state index is 12.2. The second-order valence-electron chi connectivity index (χ2n) is 6.21. The van der Waals surface area contributed by atoms with Crippen LogP contribution in [0, 0.1) is 5.92 Å². The summed E-state index contributed by atoms with van der Waals surface area (Å²) in [7, 11) is -3.21. The molecule has 0 radical (unpaired) electrons. The molecule has 0 saturated heterocycles. The molecule has 1 saturated carbocycles. The highest BCUT2D eigenvalue weighted by Gasteiger charge is 2.29. The molecular formula is C17H25N3O4S. The minimum absolute atomic E-state index is 0.00186. The lowest BCUT2D eigenvalue weighted by atomic mass is 10.2. The molecule has 0 bridgehead atoms. The Bertz CT molecular complexity index is 729. The van der Waals surface area contributed by atoms with Crippen molar-refractivity contribution < 1.29 is 18.0 Å². The van der Waals surface area contributed by atoms with Crippen LogP contribution in [0.25, 0.3) is 0 Å². The SMILES string of the molecule is CCN(CCCNC(=O)c1cccc(NC(=O)C2CC2)c1)S(C)(=O)=O. The van der Waals surface area contributed by atoms with Gasteiger partial charge in [-0.3, -0.25) is 9.59 Å². The lowest BCUT2D eigenvalue weighted by molar-refractivity contribution is -0.117. The summed E-state index contributed by atoms with van der Waals surface area (Å²) in [5.41, 5.74) is 1.07. The third-order valence-corrected chi connectivity index (χ3v) is 5.41. The summed E-state index contributed by atoms with van der Waals surface area (Å²) < 4.78 is 24.4. The molecule has 1 fully saturated rings. The van der Waals surface area contributed by atoms with Gasteiger partial charge in [0.2, 0.25) is 15.9 Å². The normalized spacial score (nSPS) is 14.4. The van der Waals surface area contributed by atoms with Crippen molar-refractivity contribution in [3.63, 3.8) is 0 Å². The van der Waals surface area contributed by atoms with Gasteiger partial charge in [0.1, 0.15) is 0 Å². The van der Waals surface area contributed by atoms with Crippen molar-refractivity contribution >= 4 is 27.5 Å². The summed E-state index contributed by atoms with van der Waals surface area (Å²) in [6.45, 7) is 2.94. The number of benzene rings is 1. The van der Waals surface area contributed by atoms with Crippen LogP contribution in [0.2, 0.25) is 0 Å². The average molecular weight is 367 g/mol. The van der Waals surface area contributed by atoms with E-state index in [1.807, 2.05) is 0 Å². The predicted octanol–water partition coefficient (Wildman–Crippen LogP) is 1.44. The van der Waals surface area contributed by atoms with Crippen LogP contribution in [0.5, 0.6) is 0 Å². The van der Waals surface area contributed by atoms with Gasteiger partial charge in [-0.25, -0.2) is 12.7 Å². The molecule has 2 rings (SSSR count). The van der Waals surface area contributed by atoms with E-state index in [2.05, 4.69) is 10.6 Å². The topological polar surface area (TPSA) is 95.6 Å². The molecule has 0 heterocycles. The quantitative estimate of drug-likeness (QED) is 0.646. The van der Waals surface area contributed by atoms with Crippen LogP contribution >= 0.6 is 0 Å². The number of hydrogen-bond donors (Lipinski definition) is 2. The molecule has 1 aromatic carbocycles. The van der Waals surface area contributed by atoms with E-state index >= 15 is 0 Å². The van der Waals surface area contributed by atoms with Gasteiger partial charge in [-0.15, -0.1) is 0 Å². The molecule has 0 unspecified atom stereocenters. The van der Waals surface area contributed by atoms with Gasteiger partial charge >= 0.3 is 0 Å². The first-order valence-corrected chi connectivity index (χ1v) is 10.3. The number of carbonyl (C=O) groups is 2. The van der Waals surface area contributed by atoms with Gasteiger partial charge in [-0.05, 0) is 37.5 Å². The van der Waals surface area contributed by atoms with E-state index in [-0.39, 0.29) is 17.7 Å². The molecule has 138 valence electrons. The Kier molecular flexibility index (Phi) is 6.55. The van der Waals surface area contributed by atoms with Crippen molar-refractivity contribution in [1.29, 1.82) is 0 Å². The number of nitrogens with zero attached hydrogens (tertiary/aromatic N) is 1. The summed E-state index contributed by atoms with van der Waals surface area (Å²) in [4.78, 5) is 24.0. The van der Waals surface area contributed by atoms with Gasteiger partial charge in [0.15, 0.2) is 0 Å². The number of amides is 2. The molecular weight excluding hydrogens is 342 g/mol. The summed E-state index contributed by atoms with van der Waals surface area (Å²) in [6.07, 6.45) is 3.56. The molecule has 25 heavy (non-hydrogen) atoms. The summed E-state index contributed by atoms with van der Waals surface area (Å²) in [6, 6.07) is 6.80. The van der Waals surface area contributed by atoms with Crippen molar-refractivity contribution in [2.24, 2.45) is 5.92 Å². The van der Waals surface area contributed by atoms with E-state index < -0.39 is 10.0 Å². The fraction of sp³-hybridized carbons (Fsp3) is 0.529. The van der Waals surface area contributed by atoms with Crippen molar-refractivity contribution in [3.8, 4) is 0 Å². The fourth-order valence-corrected chi connectivity index (χ4v) is 3.38. The predicted molar refractivity (Wildman–Crippen MR) is 96.8 cm³/mol. The number of hydrogen-bond acceptors (Lipinski definition) is 4. The average Bonchev–Trinajstić information content (AvgIpc) is 3.38. The Morgan fingerprint density at radius 2 is 2.00 bits per heavy atom. The number of nitrogens with one attached hydrogen (secondary N) is 2. The smallest absolute Gasteiger partial charge is 0.251 e. The minimum atomic E-state index is -3.21. The standard InChI is InChI=1S/C17H25N3O4S/c1-3-20(25(2,23)24)11-5-10-18-16(21)14-6-4-7-15(12-14)19-17(22)13-8-9-13/h4,6-7,12-13H,3,5,8-11H2,1-2H3,(H,18,21)(H,19,22). The first-order chi connectivity index (χ1) is 11.8. The molecule has 1 aliphatic carbocycles. The second-order valence-corrected chi connectivity index (χ2v) is 8.19. The van der Waals surface area contributed by atoms with Gasteiger partial charge < -0.3 is 10.6 Å². The zero-order chi connectivity index (χ0) is 18.4. The lowest BCUT2D eigenvalue weighted by Gasteiger charge is -2.17. The Balaban J connectivity index is 1.81. The highest BCUT2D eigenvalue weighted by atomic mass is 32.2. The Morgan fingerprint density at radius 1 is 1.28 bits per heavy atom. The largest absolute Gasteiger partial charge is 0.352 e. The van der Waals surface area contributed by atoms with Gasteiger partial charge in [0, 0.05) is 36.8 Å². The first kappa shape index (κ1) is 19.4. The zero-order valence-electron chi connectivity index (χ0n) is 14.6. The monoisotopic (exact) mass is 367 g/mol. The van der Waals surface area contributed by atoms with Crippen LogP contribution in [0.4, 0.5) is 5.69 Å². The maximum absolute atomic E-state index is 12.2. The van der Waals surface area contributed by atoms with Crippen LogP contribution in [-0.2, 0) is 14.8 Å². The summed E-state index contributed by atoms with van der Waals surface area (Å²) in [5, 5.41) is 5.59. The minimum Gasteiger partial charge on any atom is -0.352 e. The maximum Gasteiger partial charge on any atom is 0.251 e. The second kappa shape index (κ2) is 8.44. The van der Waals surface area contributed by atoms with E-state index in [1.54, 1.807) is 31.2 Å². The third kappa shape index (κ3) is 6.13. The van der Waals surface area contributed by atoms with Crippen LogP contribution < -0.4 is 10.6 Å². The third-order valence-electron chi connectivity index (χ3n) is 4.03. The van der Waals surface area contributed by atoms with Crippen LogP contribution in [-0.4, -0.2) is 50.4 Å². The molecule has 0 aromatic heterocycles. The number of carbonyl (C=O) groups excluding carboxylic acids is 2. The number of sulfonamides is 1. The van der Waals surface area contributed by atoms with E-state index in [9.17, 15) is 18.0 Å². The van der Waals surface area contributed by atoms with Crippen LogP contribution in [0.15, 0.2) is 24.3 Å². The Hall–Kier alpha value is -1.93. The zero-order valence-corrected chi connectivity index (χ0v) is 15.4. The van der Waals surface area contributed by atoms with Crippen molar-refractivity contribution in [2.45, 2.75) is 26.2 Å². The highest BCUT2D eigenvalue weighted by molar-refractivity contribution is 7.88. The molecule has 2 N–H and O–H groups in total. The van der Waals surface area contributed by atoms with Crippen LogP contribution in [0.1, 0.15) is 36.5 Å². The van der Waals surface area contributed by atoms with Crippen molar-refractivity contribution in [3.05, 3.63) is 29.8 Å². The number of anilines is 1. The van der Waals surface area contributed by atoms with Gasteiger partial charge in [-0.1, -0.05) is 13.0 Å². The lowest BCUT2D eigenvalue weighted by Crippen LogP contribution is -2.33. The fourth-order valence-electron chi connectivity index (χ4n) is 2.45. The molecule has 0 atom stereocenters. The van der Waals surface area contributed by atoms with E-state index in [0.29, 0.717) is 37.3 Å². The summed E-state index contributed by atoms with van der Waals surface area (Å²) >= 11 is 0. The molecule has 2 amide bonds. The summed E-state index contributed by atoms with van der Waals surface area (Å²) in [5.74, 6) is -0.142. The van der Waals surface area contributed by atoms with Crippen molar-refractivity contribution in [1.82, 2.24) is 9.62 Å². The molecule has 1 aliphatic rings. The molecule has 7 nitrogen and oxygen atoms in total. The van der Waals surface area contributed by atoms with Gasteiger partial charge in [0.05, 0.1) is 6.26 Å². The number of rotatable bonds is 9. The van der Waals surface area contributed by atoms with Crippen LogP contribution in [0.3, 0.4) is 0 Å². The Morgan fingerprint density at radius 3 is 2.60 bits per heavy atom. The Labute approximate surface area is 148 Å². The molecule has 1 aromatic rings. The first-order valence-electron chi connectivity index (χ1n) is 8.45. The molecule has 0 spiro atoms. The van der Waals surface area contributed by atoms with E-state index in [4.69, 9.17) is 0 Å². The molecule has 0 aliphatic heterocycles. The van der Waals surface area contributed by atoms with Gasteiger partial charge in [0.25, 0.3) is 5.91 Å². The van der Waals surface area contributed by atoms with E-state index in [1.165, 1.54) is 10.6 Å². The van der Waals surface area contributed by atoms with Crippen molar-refractivity contribution in [2.75, 3.05) is 31.2 Å². The van der Waals surface area contributed by atoms with E-state index in [0.717, 1.165) is 12.8 Å².